The van der Waals surface area contributed by atoms with E-state index >= 15 is 0 Å². The SMILES string of the molecule is O=C(CCN(Cc1ccc(F)cc1)C(=O)c1ccc(C(F)(F)F)cc1)N1CCNCC1. The standard InChI is InChI=1S/C22H23F4N3O2/c23-19-7-1-16(2-8-19)15-29(12-9-20(30)28-13-10-27-11-14-28)21(31)17-3-5-18(6-4-17)22(24,25)26/h1-8,27H,9-15H2. The molecule has 1 aliphatic rings. The second-order valence-corrected chi connectivity index (χ2v) is 7.31. The van der Waals surface area contributed by atoms with E-state index in [2.05, 4.69) is 5.32 Å². The number of carbonyl (C=O) groups is 2. The zero-order chi connectivity index (χ0) is 22.4. The maximum absolute atomic E-state index is 13.2. The van der Waals surface area contributed by atoms with Gasteiger partial charge in [-0.2, -0.15) is 13.2 Å². The van der Waals surface area contributed by atoms with Crippen molar-refractivity contribution in [3.63, 3.8) is 0 Å². The van der Waals surface area contributed by atoms with Crippen LogP contribution in [0.5, 0.6) is 0 Å². The molecule has 0 aromatic heterocycles. The van der Waals surface area contributed by atoms with E-state index in [0.717, 1.165) is 24.3 Å². The van der Waals surface area contributed by atoms with Gasteiger partial charge in [0.25, 0.3) is 5.91 Å². The molecule has 0 bridgehead atoms. The average Bonchev–Trinajstić information content (AvgIpc) is 2.77. The molecule has 0 aliphatic carbocycles. The van der Waals surface area contributed by atoms with Crippen molar-refractivity contribution in [3.05, 3.63) is 71.0 Å². The van der Waals surface area contributed by atoms with E-state index in [1.54, 1.807) is 4.90 Å². The molecule has 0 unspecified atom stereocenters. The number of carbonyl (C=O) groups excluding carboxylic acids is 2. The van der Waals surface area contributed by atoms with Crippen molar-refractivity contribution in [2.75, 3.05) is 32.7 Å². The van der Waals surface area contributed by atoms with Crippen LogP contribution in [0.3, 0.4) is 0 Å². The van der Waals surface area contributed by atoms with E-state index in [4.69, 9.17) is 0 Å². The van der Waals surface area contributed by atoms with Crippen LogP contribution >= 0.6 is 0 Å². The molecule has 166 valence electrons. The Labute approximate surface area is 177 Å². The largest absolute Gasteiger partial charge is 0.416 e. The van der Waals surface area contributed by atoms with E-state index < -0.39 is 23.5 Å². The summed E-state index contributed by atoms with van der Waals surface area (Å²) in [6, 6.07) is 9.55. The number of hydrogen-bond acceptors (Lipinski definition) is 3. The van der Waals surface area contributed by atoms with Gasteiger partial charge in [-0.25, -0.2) is 4.39 Å². The number of nitrogens with one attached hydrogen (secondary N) is 1. The minimum Gasteiger partial charge on any atom is -0.340 e. The van der Waals surface area contributed by atoms with Gasteiger partial charge in [0, 0.05) is 51.3 Å². The lowest BCUT2D eigenvalue weighted by Gasteiger charge is -2.29. The third kappa shape index (κ3) is 6.27. The third-order valence-electron chi connectivity index (χ3n) is 5.10. The summed E-state index contributed by atoms with van der Waals surface area (Å²) in [7, 11) is 0. The number of hydrogen-bond donors (Lipinski definition) is 1. The Morgan fingerprint density at radius 3 is 2.16 bits per heavy atom. The molecule has 2 aromatic rings. The summed E-state index contributed by atoms with van der Waals surface area (Å²) < 4.78 is 51.7. The van der Waals surface area contributed by atoms with Gasteiger partial charge >= 0.3 is 6.18 Å². The van der Waals surface area contributed by atoms with Crippen LogP contribution in [0.15, 0.2) is 48.5 Å². The van der Waals surface area contributed by atoms with E-state index in [9.17, 15) is 27.2 Å². The maximum Gasteiger partial charge on any atom is 0.416 e. The zero-order valence-electron chi connectivity index (χ0n) is 16.8. The van der Waals surface area contributed by atoms with Crippen molar-refractivity contribution in [3.8, 4) is 0 Å². The molecule has 2 amide bonds. The molecule has 0 spiro atoms. The highest BCUT2D eigenvalue weighted by Gasteiger charge is 2.30. The summed E-state index contributed by atoms with van der Waals surface area (Å²) in [6.45, 7) is 2.79. The molecule has 0 atom stereocenters. The van der Waals surface area contributed by atoms with Gasteiger partial charge in [-0.15, -0.1) is 0 Å². The highest BCUT2D eigenvalue weighted by atomic mass is 19.4. The van der Waals surface area contributed by atoms with Gasteiger partial charge in [-0.05, 0) is 42.0 Å². The minimum atomic E-state index is -4.49. The quantitative estimate of drug-likeness (QED) is 0.706. The number of rotatable bonds is 6. The van der Waals surface area contributed by atoms with Crippen LogP contribution in [0.25, 0.3) is 0 Å². The van der Waals surface area contributed by atoms with E-state index in [1.807, 2.05) is 0 Å². The summed E-state index contributed by atoms with van der Waals surface area (Å²) in [5, 5.41) is 3.16. The lowest BCUT2D eigenvalue weighted by atomic mass is 10.1. The number of piperazine rings is 1. The molecule has 0 radical (unpaired) electrons. The normalized spacial score (nSPS) is 14.4. The van der Waals surface area contributed by atoms with Crippen LogP contribution in [0.4, 0.5) is 17.6 Å². The van der Waals surface area contributed by atoms with Crippen LogP contribution in [-0.4, -0.2) is 54.3 Å². The lowest BCUT2D eigenvalue weighted by molar-refractivity contribution is -0.137. The number of halogens is 4. The van der Waals surface area contributed by atoms with E-state index in [-0.39, 0.29) is 31.0 Å². The van der Waals surface area contributed by atoms with Gasteiger partial charge in [0.05, 0.1) is 5.56 Å². The second-order valence-electron chi connectivity index (χ2n) is 7.31. The highest BCUT2D eigenvalue weighted by Crippen LogP contribution is 2.29. The van der Waals surface area contributed by atoms with Crippen molar-refractivity contribution in [2.45, 2.75) is 19.1 Å². The molecule has 5 nitrogen and oxygen atoms in total. The van der Waals surface area contributed by atoms with Crippen molar-refractivity contribution in [1.29, 1.82) is 0 Å². The zero-order valence-corrected chi connectivity index (χ0v) is 16.8. The Hall–Kier alpha value is -2.94. The fourth-order valence-electron chi connectivity index (χ4n) is 3.35. The summed E-state index contributed by atoms with van der Waals surface area (Å²) in [6.07, 6.45) is -4.40. The maximum atomic E-state index is 13.2. The van der Waals surface area contributed by atoms with Crippen molar-refractivity contribution in [1.82, 2.24) is 15.1 Å². The van der Waals surface area contributed by atoms with Gasteiger partial charge in [0.15, 0.2) is 0 Å². The van der Waals surface area contributed by atoms with Crippen LogP contribution in [-0.2, 0) is 17.5 Å². The third-order valence-corrected chi connectivity index (χ3v) is 5.10. The highest BCUT2D eigenvalue weighted by molar-refractivity contribution is 5.94. The Morgan fingerprint density at radius 2 is 1.58 bits per heavy atom. The van der Waals surface area contributed by atoms with Crippen molar-refractivity contribution < 1.29 is 27.2 Å². The number of amides is 2. The van der Waals surface area contributed by atoms with Gasteiger partial charge in [-0.1, -0.05) is 12.1 Å². The Kier molecular flexibility index (Phi) is 7.27. The molecular formula is C22H23F4N3O2. The molecule has 0 saturated carbocycles. The molecule has 1 heterocycles. The molecular weight excluding hydrogens is 414 g/mol. The fraction of sp³-hybridized carbons (Fsp3) is 0.364. The predicted octanol–water partition coefficient (Wildman–Crippen LogP) is 3.31. The lowest BCUT2D eigenvalue weighted by Crippen LogP contribution is -2.47. The molecule has 1 aliphatic heterocycles. The van der Waals surface area contributed by atoms with E-state index in [0.29, 0.717) is 31.7 Å². The van der Waals surface area contributed by atoms with Crippen LogP contribution in [0, 0.1) is 5.82 Å². The summed E-state index contributed by atoms with van der Waals surface area (Å²) in [5.41, 5.74) is -0.107. The summed E-state index contributed by atoms with van der Waals surface area (Å²) in [5.74, 6) is -1.00. The van der Waals surface area contributed by atoms with E-state index in [1.165, 1.54) is 29.2 Å². The molecule has 1 fully saturated rings. The van der Waals surface area contributed by atoms with Crippen LogP contribution in [0.1, 0.15) is 27.9 Å². The minimum absolute atomic E-state index is 0.0877. The molecule has 2 aromatic carbocycles. The Balaban J connectivity index is 1.74. The number of nitrogens with zero attached hydrogens (tertiary/aromatic N) is 2. The molecule has 3 rings (SSSR count). The smallest absolute Gasteiger partial charge is 0.340 e. The topological polar surface area (TPSA) is 52.7 Å². The predicted molar refractivity (Wildman–Crippen MR) is 107 cm³/mol. The van der Waals surface area contributed by atoms with Crippen LogP contribution < -0.4 is 5.32 Å². The number of benzene rings is 2. The molecule has 1 saturated heterocycles. The first kappa shape index (κ1) is 22.7. The van der Waals surface area contributed by atoms with Crippen molar-refractivity contribution in [2.24, 2.45) is 0 Å². The Bertz CT molecular complexity index is 892. The summed E-state index contributed by atoms with van der Waals surface area (Å²) in [4.78, 5) is 28.6. The first-order valence-corrected chi connectivity index (χ1v) is 9.93. The Morgan fingerprint density at radius 1 is 0.968 bits per heavy atom. The van der Waals surface area contributed by atoms with Gasteiger partial charge in [0.2, 0.25) is 5.91 Å². The number of alkyl halides is 3. The van der Waals surface area contributed by atoms with Crippen LogP contribution in [0.2, 0.25) is 0 Å². The summed E-state index contributed by atoms with van der Waals surface area (Å²) >= 11 is 0. The van der Waals surface area contributed by atoms with Crippen molar-refractivity contribution >= 4 is 11.8 Å². The molecule has 31 heavy (non-hydrogen) atoms. The second kappa shape index (κ2) is 9.91. The first-order chi connectivity index (χ1) is 14.7. The van der Waals surface area contributed by atoms with Gasteiger partial charge in [-0.3, -0.25) is 9.59 Å². The fourth-order valence-corrected chi connectivity index (χ4v) is 3.35. The monoisotopic (exact) mass is 437 g/mol. The first-order valence-electron chi connectivity index (χ1n) is 9.93. The van der Waals surface area contributed by atoms with Gasteiger partial charge in [0.1, 0.15) is 5.82 Å². The molecule has 1 N–H and O–H groups in total. The van der Waals surface area contributed by atoms with Gasteiger partial charge < -0.3 is 15.1 Å². The average molecular weight is 437 g/mol. The molecule has 9 heteroatoms.